The molecule has 27 heavy (non-hydrogen) atoms. The van der Waals surface area contributed by atoms with E-state index in [2.05, 4.69) is 4.99 Å². The molecule has 1 amide bonds. The second-order valence-electron chi connectivity index (χ2n) is 5.46. The molecule has 2 aromatic carbocycles. The second kappa shape index (κ2) is 7.20. The van der Waals surface area contributed by atoms with Crippen molar-refractivity contribution in [1.82, 2.24) is 0 Å². The molecule has 0 aliphatic carbocycles. The van der Waals surface area contributed by atoms with Gasteiger partial charge in [0.1, 0.15) is 0 Å². The van der Waals surface area contributed by atoms with Crippen molar-refractivity contribution in [3.8, 4) is 0 Å². The van der Waals surface area contributed by atoms with Crippen molar-refractivity contribution < 1.29 is 26.4 Å². The average molecular weight is 420 g/mol. The zero-order chi connectivity index (χ0) is 20.6. The van der Waals surface area contributed by atoms with Crippen LogP contribution in [0.2, 0.25) is 5.02 Å². The highest BCUT2D eigenvalue weighted by atomic mass is 35.5. The fourth-order valence-electron chi connectivity index (χ4n) is 2.27. The average Bonchev–Trinajstić information content (AvgIpc) is 2.53. The Hall–Kier alpha value is -2.59. The Bertz CT molecular complexity index is 1030. The van der Waals surface area contributed by atoms with Gasteiger partial charge in [0.05, 0.1) is 15.4 Å². The van der Waals surface area contributed by atoms with Gasteiger partial charge in [0.15, 0.2) is 5.96 Å². The van der Waals surface area contributed by atoms with Gasteiger partial charge in [-0.05, 0) is 48.9 Å². The number of halogens is 4. The zero-order valence-electron chi connectivity index (χ0n) is 13.7. The zero-order valence-corrected chi connectivity index (χ0v) is 15.3. The standard InChI is InChI=1S/C16H13ClF3N3O3S/c1-8-6-13(27(25,26)10-4-2-9(17)3-5-10)12(16(18,19)20)7-11(8)14(24)23-15(21)22/h2-7H,1H3,(H4,21,22,23,24). The van der Waals surface area contributed by atoms with Crippen molar-refractivity contribution >= 4 is 33.3 Å². The molecule has 0 saturated carbocycles. The van der Waals surface area contributed by atoms with E-state index in [4.69, 9.17) is 23.1 Å². The molecule has 0 fully saturated rings. The van der Waals surface area contributed by atoms with Crippen LogP contribution < -0.4 is 11.5 Å². The number of guanidine groups is 1. The van der Waals surface area contributed by atoms with E-state index in [0.717, 1.165) is 18.2 Å². The fourth-order valence-corrected chi connectivity index (χ4v) is 3.94. The third-order valence-corrected chi connectivity index (χ3v) is 5.57. The number of alkyl halides is 3. The Kier molecular flexibility index (Phi) is 5.52. The molecule has 0 aromatic heterocycles. The molecule has 0 atom stereocenters. The van der Waals surface area contributed by atoms with Gasteiger partial charge < -0.3 is 11.5 Å². The summed E-state index contributed by atoms with van der Waals surface area (Å²) in [6.07, 6.45) is -5.05. The van der Waals surface area contributed by atoms with Crippen LogP contribution in [0.15, 0.2) is 51.2 Å². The maximum atomic E-state index is 13.5. The molecular formula is C16H13ClF3N3O3S. The number of hydrogen-bond acceptors (Lipinski definition) is 3. The van der Waals surface area contributed by atoms with Crippen LogP contribution in [0.5, 0.6) is 0 Å². The molecule has 0 spiro atoms. The lowest BCUT2D eigenvalue weighted by molar-refractivity contribution is -0.139. The molecular weight excluding hydrogens is 407 g/mol. The van der Waals surface area contributed by atoms with E-state index >= 15 is 0 Å². The minimum atomic E-state index is -5.05. The number of rotatable bonds is 3. The maximum Gasteiger partial charge on any atom is 0.417 e. The summed E-state index contributed by atoms with van der Waals surface area (Å²) in [5.41, 5.74) is 8.13. The van der Waals surface area contributed by atoms with Gasteiger partial charge >= 0.3 is 6.18 Å². The van der Waals surface area contributed by atoms with Crippen molar-refractivity contribution in [2.75, 3.05) is 0 Å². The lowest BCUT2D eigenvalue weighted by atomic mass is 10.0. The highest BCUT2D eigenvalue weighted by Crippen LogP contribution is 2.38. The van der Waals surface area contributed by atoms with E-state index in [0.29, 0.717) is 6.07 Å². The molecule has 4 N–H and O–H groups in total. The van der Waals surface area contributed by atoms with Crippen LogP contribution >= 0.6 is 11.6 Å². The van der Waals surface area contributed by atoms with Crippen LogP contribution in [0.1, 0.15) is 21.5 Å². The number of carbonyl (C=O) groups excluding carboxylic acids is 1. The molecule has 2 rings (SSSR count). The first-order chi connectivity index (χ1) is 12.3. The number of benzene rings is 2. The number of amides is 1. The quantitative estimate of drug-likeness (QED) is 0.586. The van der Waals surface area contributed by atoms with E-state index in [-0.39, 0.29) is 15.5 Å². The SMILES string of the molecule is Cc1cc(S(=O)(=O)c2ccc(Cl)cc2)c(C(F)(F)F)cc1C(=O)N=C(N)N. The summed E-state index contributed by atoms with van der Waals surface area (Å²) in [5.74, 6) is -1.75. The fraction of sp³-hybridized carbons (Fsp3) is 0.125. The Morgan fingerprint density at radius 3 is 2.15 bits per heavy atom. The van der Waals surface area contributed by atoms with E-state index in [1.165, 1.54) is 19.1 Å². The third-order valence-electron chi connectivity index (χ3n) is 3.51. The summed E-state index contributed by atoms with van der Waals surface area (Å²) in [5, 5.41) is 0.222. The maximum absolute atomic E-state index is 13.5. The van der Waals surface area contributed by atoms with Crippen molar-refractivity contribution in [3.63, 3.8) is 0 Å². The van der Waals surface area contributed by atoms with Gasteiger partial charge in [0, 0.05) is 10.6 Å². The number of sulfone groups is 1. The smallest absolute Gasteiger partial charge is 0.370 e. The van der Waals surface area contributed by atoms with Crippen molar-refractivity contribution in [1.29, 1.82) is 0 Å². The van der Waals surface area contributed by atoms with E-state index in [1.54, 1.807) is 0 Å². The Morgan fingerprint density at radius 1 is 1.11 bits per heavy atom. The normalized spacial score (nSPS) is 11.9. The molecule has 6 nitrogen and oxygen atoms in total. The van der Waals surface area contributed by atoms with Gasteiger partial charge in [0.25, 0.3) is 5.91 Å². The Morgan fingerprint density at radius 2 is 1.67 bits per heavy atom. The molecule has 0 saturated heterocycles. The summed E-state index contributed by atoms with van der Waals surface area (Å²) in [6, 6.07) is 5.85. The molecule has 0 unspecified atom stereocenters. The number of hydrogen-bond donors (Lipinski definition) is 2. The first-order valence-corrected chi connectivity index (χ1v) is 9.06. The molecule has 0 radical (unpaired) electrons. The van der Waals surface area contributed by atoms with Crippen LogP contribution in [-0.2, 0) is 16.0 Å². The van der Waals surface area contributed by atoms with Crippen LogP contribution in [0.3, 0.4) is 0 Å². The van der Waals surface area contributed by atoms with Crippen LogP contribution in [0.4, 0.5) is 13.2 Å². The lowest BCUT2D eigenvalue weighted by Crippen LogP contribution is -2.24. The number of nitrogens with two attached hydrogens (primary N) is 2. The molecule has 11 heteroatoms. The number of aliphatic imine (C=N–C) groups is 1. The van der Waals surface area contributed by atoms with Gasteiger partial charge in [0.2, 0.25) is 9.84 Å². The highest BCUT2D eigenvalue weighted by molar-refractivity contribution is 7.91. The predicted octanol–water partition coefficient (Wildman–Crippen LogP) is 2.91. The van der Waals surface area contributed by atoms with Crippen LogP contribution in [0, 0.1) is 6.92 Å². The monoisotopic (exact) mass is 419 g/mol. The van der Waals surface area contributed by atoms with Gasteiger partial charge in [-0.1, -0.05) is 11.6 Å². The summed E-state index contributed by atoms with van der Waals surface area (Å²) in [6.45, 7) is 1.27. The van der Waals surface area contributed by atoms with Crippen molar-refractivity contribution in [2.45, 2.75) is 22.9 Å². The molecule has 0 aliphatic heterocycles. The van der Waals surface area contributed by atoms with Crippen LogP contribution in [0.25, 0.3) is 0 Å². The Labute approximate surface area is 157 Å². The largest absolute Gasteiger partial charge is 0.417 e. The van der Waals surface area contributed by atoms with E-state index in [1.807, 2.05) is 0 Å². The first kappa shape index (κ1) is 20.7. The number of nitrogens with zero attached hydrogens (tertiary/aromatic N) is 1. The van der Waals surface area contributed by atoms with E-state index in [9.17, 15) is 26.4 Å². The molecule has 144 valence electrons. The first-order valence-electron chi connectivity index (χ1n) is 7.20. The second-order valence-corrected chi connectivity index (χ2v) is 7.81. The molecule has 0 heterocycles. The minimum absolute atomic E-state index is 0.0365. The number of aryl methyl sites for hydroxylation is 1. The van der Waals surface area contributed by atoms with E-state index < -0.39 is 43.9 Å². The topological polar surface area (TPSA) is 116 Å². The summed E-state index contributed by atoms with van der Waals surface area (Å²) in [7, 11) is -4.53. The van der Waals surface area contributed by atoms with Crippen LogP contribution in [-0.4, -0.2) is 20.3 Å². The molecule has 0 bridgehead atoms. The lowest BCUT2D eigenvalue weighted by Gasteiger charge is -2.16. The molecule has 2 aromatic rings. The van der Waals surface area contributed by atoms with Gasteiger partial charge in [-0.3, -0.25) is 4.79 Å². The van der Waals surface area contributed by atoms with Gasteiger partial charge in [-0.25, -0.2) is 8.42 Å². The van der Waals surface area contributed by atoms with Crippen molar-refractivity contribution in [3.05, 3.63) is 58.1 Å². The Balaban J connectivity index is 2.77. The van der Waals surface area contributed by atoms with Crippen molar-refractivity contribution in [2.24, 2.45) is 16.5 Å². The van der Waals surface area contributed by atoms with Gasteiger partial charge in [-0.15, -0.1) is 0 Å². The summed E-state index contributed by atoms with van der Waals surface area (Å²) in [4.78, 5) is 13.8. The third kappa shape index (κ3) is 4.40. The minimum Gasteiger partial charge on any atom is -0.370 e. The van der Waals surface area contributed by atoms with Gasteiger partial charge in [-0.2, -0.15) is 18.2 Å². The molecule has 0 aliphatic rings. The predicted molar refractivity (Wildman–Crippen MR) is 93.2 cm³/mol. The highest BCUT2D eigenvalue weighted by Gasteiger charge is 2.39. The summed E-state index contributed by atoms with van der Waals surface area (Å²) >= 11 is 5.69. The number of carbonyl (C=O) groups is 1. The summed E-state index contributed by atoms with van der Waals surface area (Å²) < 4.78 is 66.0.